The lowest BCUT2D eigenvalue weighted by Gasteiger charge is -2.20. The van der Waals surface area contributed by atoms with E-state index in [0.717, 1.165) is 29.9 Å². The summed E-state index contributed by atoms with van der Waals surface area (Å²) in [7, 11) is 0. The van der Waals surface area contributed by atoms with Crippen molar-refractivity contribution >= 4 is 5.69 Å². The summed E-state index contributed by atoms with van der Waals surface area (Å²) in [6, 6.07) is 8.55. The fourth-order valence-electron chi connectivity index (χ4n) is 2.30. The van der Waals surface area contributed by atoms with E-state index in [9.17, 15) is 0 Å². The molecule has 2 rings (SSSR count). The molecule has 0 radical (unpaired) electrons. The smallest absolute Gasteiger partial charge is 0.101 e. The number of nitriles is 1. The molecular formula is C14H19N3. The molecule has 0 aliphatic carbocycles. The summed E-state index contributed by atoms with van der Waals surface area (Å²) in [6.07, 6.45) is 3.67. The maximum Gasteiger partial charge on any atom is 0.101 e. The van der Waals surface area contributed by atoms with Crippen LogP contribution in [-0.2, 0) is 0 Å². The molecule has 3 heteroatoms. The van der Waals surface area contributed by atoms with Gasteiger partial charge in [-0.05, 0) is 37.9 Å². The fourth-order valence-corrected chi connectivity index (χ4v) is 2.30. The van der Waals surface area contributed by atoms with Gasteiger partial charge in [-0.3, -0.25) is 0 Å². The molecule has 1 aromatic carbocycles. The van der Waals surface area contributed by atoms with Gasteiger partial charge in [-0.25, -0.2) is 0 Å². The normalized spacial score (nSPS) is 20.4. The maximum atomic E-state index is 9.12. The van der Waals surface area contributed by atoms with E-state index in [0.29, 0.717) is 6.04 Å². The standard InChI is InChI=1S/C14H19N3/c1-11-5-4-6-12(9-15)14(11)17-13-7-2-3-8-16-10-13/h4-6,13,16-17H,2-3,7-8,10H2,1H3. The van der Waals surface area contributed by atoms with Crippen molar-refractivity contribution in [3.8, 4) is 6.07 Å². The molecule has 1 saturated heterocycles. The van der Waals surface area contributed by atoms with Gasteiger partial charge in [-0.1, -0.05) is 18.6 Å². The molecule has 0 spiro atoms. The van der Waals surface area contributed by atoms with Crippen molar-refractivity contribution in [1.82, 2.24) is 5.32 Å². The number of aryl methyl sites for hydroxylation is 1. The van der Waals surface area contributed by atoms with Crippen molar-refractivity contribution in [2.24, 2.45) is 0 Å². The summed E-state index contributed by atoms with van der Waals surface area (Å²) in [5.74, 6) is 0. The van der Waals surface area contributed by atoms with Crippen molar-refractivity contribution in [3.05, 3.63) is 29.3 Å². The van der Waals surface area contributed by atoms with E-state index in [1.807, 2.05) is 25.1 Å². The lowest BCUT2D eigenvalue weighted by atomic mass is 10.1. The Balaban J connectivity index is 2.14. The molecule has 1 aliphatic heterocycles. The highest BCUT2D eigenvalue weighted by molar-refractivity contribution is 5.62. The van der Waals surface area contributed by atoms with Gasteiger partial charge < -0.3 is 10.6 Å². The van der Waals surface area contributed by atoms with Crippen LogP contribution >= 0.6 is 0 Å². The molecule has 1 unspecified atom stereocenters. The van der Waals surface area contributed by atoms with Gasteiger partial charge in [0.05, 0.1) is 11.3 Å². The summed E-state index contributed by atoms with van der Waals surface area (Å²) in [5.41, 5.74) is 2.89. The molecular weight excluding hydrogens is 210 g/mol. The summed E-state index contributed by atoms with van der Waals surface area (Å²) in [5, 5.41) is 16.1. The van der Waals surface area contributed by atoms with Crippen LogP contribution < -0.4 is 10.6 Å². The number of anilines is 1. The first kappa shape index (κ1) is 11.9. The molecule has 17 heavy (non-hydrogen) atoms. The Morgan fingerprint density at radius 3 is 3.12 bits per heavy atom. The Labute approximate surface area is 103 Å². The first-order chi connectivity index (χ1) is 8.31. The molecule has 1 atom stereocenters. The molecule has 0 amide bonds. The lowest BCUT2D eigenvalue weighted by molar-refractivity contribution is 0.635. The van der Waals surface area contributed by atoms with Crippen LogP contribution in [0.25, 0.3) is 0 Å². The largest absolute Gasteiger partial charge is 0.380 e. The highest BCUT2D eigenvalue weighted by Crippen LogP contribution is 2.22. The topological polar surface area (TPSA) is 47.9 Å². The summed E-state index contributed by atoms with van der Waals surface area (Å²) in [6.45, 7) is 4.14. The second kappa shape index (κ2) is 5.70. The minimum atomic E-state index is 0.436. The number of hydrogen-bond donors (Lipinski definition) is 2. The SMILES string of the molecule is Cc1cccc(C#N)c1NC1CCCCNC1. The third kappa shape index (κ3) is 2.98. The molecule has 90 valence electrons. The maximum absolute atomic E-state index is 9.12. The number of hydrogen-bond acceptors (Lipinski definition) is 3. The van der Waals surface area contributed by atoms with Crippen LogP contribution in [0.4, 0.5) is 5.69 Å². The van der Waals surface area contributed by atoms with Crippen LogP contribution in [0.2, 0.25) is 0 Å². The summed E-state index contributed by atoms with van der Waals surface area (Å²) < 4.78 is 0. The van der Waals surface area contributed by atoms with E-state index in [-0.39, 0.29) is 0 Å². The van der Waals surface area contributed by atoms with E-state index in [1.54, 1.807) is 0 Å². The van der Waals surface area contributed by atoms with E-state index in [4.69, 9.17) is 5.26 Å². The minimum absolute atomic E-state index is 0.436. The number of nitrogens with zero attached hydrogens (tertiary/aromatic N) is 1. The van der Waals surface area contributed by atoms with Crippen LogP contribution in [-0.4, -0.2) is 19.1 Å². The van der Waals surface area contributed by atoms with Crippen molar-refractivity contribution in [1.29, 1.82) is 5.26 Å². The van der Waals surface area contributed by atoms with Gasteiger partial charge in [-0.15, -0.1) is 0 Å². The van der Waals surface area contributed by atoms with E-state index < -0.39 is 0 Å². The highest BCUT2D eigenvalue weighted by Gasteiger charge is 2.14. The molecule has 1 aromatic rings. The van der Waals surface area contributed by atoms with Crippen LogP contribution in [0.1, 0.15) is 30.4 Å². The lowest BCUT2D eigenvalue weighted by Crippen LogP contribution is -2.31. The van der Waals surface area contributed by atoms with E-state index in [2.05, 4.69) is 16.7 Å². The molecule has 1 fully saturated rings. The van der Waals surface area contributed by atoms with Gasteiger partial charge >= 0.3 is 0 Å². The molecule has 1 heterocycles. The van der Waals surface area contributed by atoms with Crippen LogP contribution in [0.5, 0.6) is 0 Å². The van der Waals surface area contributed by atoms with E-state index in [1.165, 1.54) is 19.3 Å². The molecule has 1 aliphatic rings. The average Bonchev–Trinajstić information content (AvgIpc) is 2.60. The van der Waals surface area contributed by atoms with Crippen molar-refractivity contribution in [2.75, 3.05) is 18.4 Å². The molecule has 0 saturated carbocycles. The predicted octanol–water partition coefficient (Wildman–Crippen LogP) is 2.42. The zero-order valence-electron chi connectivity index (χ0n) is 10.3. The number of benzene rings is 1. The zero-order chi connectivity index (χ0) is 12.1. The number of para-hydroxylation sites is 1. The molecule has 0 bridgehead atoms. The van der Waals surface area contributed by atoms with Gasteiger partial charge in [0, 0.05) is 12.6 Å². The first-order valence-electron chi connectivity index (χ1n) is 6.28. The van der Waals surface area contributed by atoms with Gasteiger partial charge in [-0.2, -0.15) is 5.26 Å². The Hall–Kier alpha value is -1.53. The first-order valence-corrected chi connectivity index (χ1v) is 6.28. The average molecular weight is 229 g/mol. The number of rotatable bonds is 2. The molecule has 3 nitrogen and oxygen atoms in total. The molecule has 0 aromatic heterocycles. The monoisotopic (exact) mass is 229 g/mol. The summed E-state index contributed by atoms with van der Waals surface area (Å²) in [4.78, 5) is 0. The highest BCUT2D eigenvalue weighted by atomic mass is 15.0. The Bertz CT molecular complexity index is 412. The van der Waals surface area contributed by atoms with Crippen molar-refractivity contribution in [3.63, 3.8) is 0 Å². The van der Waals surface area contributed by atoms with Crippen molar-refractivity contribution in [2.45, 2.75) is 32.2 Å². The van der Waals surface area contributed by atoms with Gasteiger partial charge in [0.2, 0.25) is 0 Å². The van der Waals surface area contributed by atoms with Gasteiger partial charge in [0.15, 0.2) is 0 Å². The third-order valence-electron chi connectivity index (χ3n) is 3.29. The predicted molar refractivity (Wildman–Crippen MR) is 70.0 cm³/mol. The zero-order valence-corrected chi connectivity index (χ0v) is 10.3. The van der Waals surface area contributed by atoms with Crippen LogP contribution in [0, 0.1) is 18.3 Å². The second-order valence-corrected chi connectivity index (χ2v) is 4.65. The van der Waals surface area contributed by atoms with Gasteiger partial charge in [0.1, 0.15) is 6.07 Å². The Morgan fingerprint density at radius 2 is 2.29 bits per heavy atom. The minimum Gasteiger partial charge on any atom is -0.380 e. The van der Waals surface area contributed by atoms with Crippen molar-refractivity contribution < 1.29 is 0 Å². The van der Waals surface area contributed by atoms with E-state index >= 15 is 0 Å². The second-order valence-electron chi connectivity index (χ2n) is 4.65. The Morgan fingerprint density at radius 1 is 1.41 bits per heavy atom. The number of nitrogens with one attached hydrogen (secondary N) is 2. The quantitative estimate of drug-likeness (QED) is 0.818. The summed E-state index contributed by atoms with van der Waals surface area (Å²) >= 11 is 0. The third-order valence-corrected chi connectivity index (χ3v) is 3.29. The van der Waals surface area contributed by atoms with Crippen LogP contribution in [0.15, 0.2) is 18.2 Å². The Kier molecular flexibility index (Phi) is 4.00. The fraction of sp³-hybridized carbons (Fsp3) is 0.500. The molecule has 2 N–H and O–H groups in total. The van der Waals surface area contributed by atoms with Gasteiger partial charge in [0.25, 0.3) is 0 Å². The van der Waals surface area contributed by atoms with Crippen LogP contribution in [0.3, 0.4) is 0 Å².